The van der Waals surface area contributed by atoms with Gasteiger partial charge in [0.1, 0.15) is 5.75 Å². The van der Waals surface area contributed by atoms with Gasteiger partial charge in [-0.2, -0.15) is 0 Å². The lowest BCUT2D eigenvalue weighted by atomic mass is 10.1. The topological polar surface area (TPSA) is 35.2 Å². The first-order valence-electron chi connectivity index (χ1n) is 6.20. The number of ether oxygens (including phenoxy) is 1. The number of benzene rings is 1. The molecule has 1 rings (SSSR count). The third-order valence-corrected chi connectivity index (χ3v) is 2.74. The van der Waals surface area contributed by atoms with Crippen molar-refractivity contribution in [2.45, 2.75) is 46.1 Å². The van der Waals surface area contributed by atoms with Crippen molar-refractivity contribution in [1.82, 2.24) is 0 Å². The second kappa shape index (κ2) is 7.29. The fraction of sp³-hybridized carbons (Fsp3) is 0.571. The lowest BCUT2D eigenvalue weighted by Gasteiger charge is -2.10. The number of unbranched alkanes of at least 4 members (excludes halogenated alkanes) is 3. The van der Waals surface area contributed by atoms with Gasteiger partial charge < -0.3 is 10.5 Å². The van der Waals surface area contributed by atoms with Crippen molar-refractivity contribution in [1.29, 1.82) is 0 Å². The van der Waals surface area contributed by atoms with E-state index in [1.807, 2.05) is 0 Å². The molecule has 0 bridgehead atoms. The fourth-order valence-corrected chi connectivity index (χ4v) is 1.64. The van der Waals surface area contributed by atoms with Gasteiger partial charge in [0.25, 0.3) is 0 Å². The van der Waals surface area contributed by atoms with Gasteiger partial charge in [0.15, 0.2) is 0 Å². The molecule has 0 radical (unpaired) electrons. The largest absolute Gasteiger partial charge is 0.493 e. The van der Waals surface area contributed by atoms with Crippen LogP contribution in [0.25, 0.3) is 0 Å². The monoisotopic (exact) mass is 221 g/mol. The van der Waals surface area contributed by atoms with E-state index in [2.05, 4.69) is 32.0 Å². The molecule has 16 heavy (non-hydrogen) atoms. The molecule has 2 N–H and O–H groups in total. The summed E-state index contributed by atoms with van der Waals surface area (Å²) in [6, 6.07) is 6.18. The first-order valence-corrected chi connectivity index (χ1v) is 6.20. The Bertz CT molecular complexity index is 310. The molecule has 0 aliphatic carbocycles. The summed E-state index contributed by atoms with van der Waals surface area (Å²) in [7, 11) is 0. The number of hydrogen-bond acceptors (Lipinski definition) is 2. The van der Waals surface area contributed by atoms with E-state index in [4.69, 9.17) is 10.5 Å². The van der Waals surface area contributed by atoms with Crippen LogP contribution in [0, 0.1) is 6.92 Å². The van der Waals surface area contributed by atoms with Gasteiger partial charge in [-0.1, -0.05) is 38.3 Å². The Hall–Kier alpha value is -1.02. The summed E-state index contributed by atoms with van der Waals surface area (Å²) in [5.74, 6) is 0.986. The molecule has 0 saturated heterocycles. The van der Waals surface area contributed by atoms with Crippen molar-refractivity contribution in [3.8, 4) is 5.75 Å². The molecule has 0 saturated carbocycles. The second-order valence-corrected chi connectivity index (χ2v) is 4.21. The van der Waals surface area contributed by atoms with E-state index in [1.165, 1.54) is 24.8 Å². The predicted molar refractivity (Wildman–Crippen MR) is 68.7 cm³/mol. The van der Waals surface area contributed by atoms with Gasteiger partial charge in [-0.15, -0.1) is 0 Å². The number of hydrogen-bond donors (Lipinski definition) is 1. The van der Waals surface area contributed by atoms with E-state index >= 15 is 0 Å². The summed E-state index contributed by atoms with van der Waals surface area (Å²) >= 11 is 0. The van der Waals surface area contributed by atoms with E-state index in [-0.39, 0.29) is 0 Å². The van der Waals surface area contributed by atoms with Crippen molar-refractivity contribution in [2.24, 2.45) is 5.73 Å². The molecule has 0 atom stereocenters. The zero-order valence-electron chi connectivity index (χ0n) is 10.5. The van der Waals surface area contributed by atoms with Gasteiger partial charge in [0, 0.05) is 6.54 Å². The standard InChI is InChI=1S/C14H23NO/c1-3-4-5-6-9-16-14-10-13(11-15)8-7-12(14)2/h7-8,10H,3-6,9,11,15H2,1-2H3. The van der Waals surface area contributed by atoms with Gasteiger partial charge in [-0.05, 0) is 30.5 Å². The Morgan fingerprint density at radius 3 is 2.69 bits per heavy atom. The van der Waals surface area contributed by atoms with E-state index < -0.39 is 0 Å². The van der Waals surface area contributed by atoms with Gasteiger partial charge in [0.05, 0.1) is 6.61 Å². The van der Waals surface area contributed by atoms with Crippen LogP contribution in [0.4, 0.5) is 0 Å². The fourth-order valence-electron chi connectivity index (χ4n) is 1.64. The van der Waals surface area contributed by atoms with Crippen molar-refractivity contribution in [3.05, 3.63) is 29.3 Å². The summed E-state index contributed by atoms with van der Waals surface area (Å²) < 4.78 is 5.77. The highest BCUT2D eigenvalue weighted by molar-refractivity contribution is 5.36. The van der Waals surface area contributed by atoms with Crippen LogP contribution in [0.1, 0.15) is 43.7 Å². The Morgan fingerprint density at radius 1 is 1.19 bits per heavy atom. The first kappa shape index (κ1) is 13.0. The Labute approximate surface area is 98.8 Å². The van der Waals surface area contributed by atoms with Crippen LogP contribution in [0.15, 0.2) is 18.2 Å². The van der Waals surface area contributed by atoms with Crippen LogP contribution < -0.4 is 10.5 Å². The summed E-state index contributed by atoms with van der Waals surface area (Å²) in [6.45, 7) is 5.68. The summed E-state index contributed by atoms with van der Waals surface area (Å²) in [5, 5.41) is 0. The molecule has 0 heterocycles. The highest BCUT2D eigenvalue weighted by atomic mass is 16.5. The summed E-state index contributed by atoms with van der Waals surface area (Å²) in [6.07, 6.45) is 4.96. The third kappa shape index (κ3) is 4.23. The molecule has 0 amide bonds. The van der Waals surface area contributed by atoms with Crippen molar-refractivity contribution in [3.63, 3.8) is 0 Å². The van der Waals surface area contributed by atoms with Gasteiger partial charge in [0.2, 0.25) is 0 Å². The van der Waals surface area contributed by atoms with E-state index in [9.17, 15) is 0 Å². The Kier molecular flexibility index (Phi) is 5.94. The first-order chi connectivity index (χ1) is 7.77. The van der Waals surface area contributed by atoms with Crippen LogP contribution in [-0.2, 0) is 6.54 Å². The highest BCUT2D eigenvalue weighted by Crippen LogP contribution is 2.19. The van der Waals surface area contributed by atoms with Gasteiger partial charge in [-0.25, -0.2) is 0 Å². The molecular formula is C14H23NO. The van der Waals surface area contributed by atoms with E-state index in [0.29, 0.717) is 6.54 Å². The zero-order chi connectivity index (χ0) is 11.8. The van der Waals surface area contributed by atoms with Crippen molar-refractivity contribution < 1.29 is 4.74 Å². The van der Waals surface area contributed by atoms with E-state index in [0.717, 1.165) is 24.3 Å². The number of rotatable bonds is 7. The van der Waals surface area contributed by atoms with E-state index in [1.54, 1.807) is 0 Å². The number of aryl methyl sites for hydroxylation is 1. The van der Waals surface area contributed by atoms with Crippen molar-refractivity contribution >= 4 is 0 Å². The minimum Gasteiger partial charge on any atom is -0.493 e. The smallest absolute Gasteiger partial charge is 0.122 e. The summed E-state index contributed by atoms with van der Waals surface area (Å²) in [4.78, 5) is 0. The molecule has 0 aliphatic rings. The molecule has 90 valence electrons. The zero-order valence-corrected chi connectivity index (χ0v) is 10.5. The van der Waals surface area contributed by atoms with Crippen LogP contribution in [0.2, 0.25) is 0 Å². The third-order valence-electron chi connectivity index (χ3n) is 2.74. The summed E-state index contributed by atoms with van der Waals surface area (Å²) in [5.41, 5.74) is 7.93. The highest BCUT2D eigenvalue weighted by Gasteiger charge is 2.00. The molecule has 0 fully saturated rings. The minimum atomic E-state index is 0.576. The SMILES string of the molecule is CCCCCCOc1cc(CN)ccc1C. The average molecular weight is 221 g/mol. The lowest BCUT2D eigenvalue weighted by molar-refractivity contribution is 0.303. The van der Waals surface area contributed by atoms with Crippen LogP contribution in [0.5, 0.6) is 5.75 Å². The van der Waals surface area contributed by atoms with Crippen LogP contribution in [0.3, 0.4) is 0 Å². The average Bonchev–Trinajstić information content (AvgIpc) is 2.31. The minimum absolute atomic E-state index is 0.576. The van der Waals surface area contributed by atoms with Crippen LogP contribution >= 0.6 is 0 Å². The van der Waals surface area contributed by atoms with Crippen molar-refractivity contribution in [2.75, 3.05) is 6.61 Å². The molecule has 0 aliphatic heterocycles. The Balaban J connectivity index is 2.40. The molecule has 0 spiro atoms. The molecule has 2 nitrogen and oxygen atoms in total. The van der Waals surface area contributed by atoms with Gasteiger partial charge >= 0.3 is 0 Å². The maximum Gasteiger partial charge on any atom is 0.122 e. The molecule has 1 aromatic rings. The second-order valence-electron chi connectivity index (χ2n) is 4.21. The lowest BCUT2D eigenvalue weighted by Crippen LogP contribution is -2.01. The number of nitrogens with two attached hydrogens (primary N) is 1. The van der Waals surface area contributed by atoms with Crippen LogP contribution in [-0.4, -0.2) is 6.61 Å². The Morgan fingerprint density at radius 2 is 2.00 bits per heavy atom. The normalized spacial score (nSPS) is 10.4. The quantitative estimate of drug-likeness (QED) is 0.716. The predicted octanol–water partition coefficient (Wildman–Crippen LogP) is 3.41. The van der Waals surface area contributed by atoms with Gasteiger partial charge in [-0.3, -0.25) is 0 Å². The molecular weight excluding hydrogens is 198 g/mol. The molecule has 0 unspecified atom stereocenters. The molecule has 0 aromatic heterocycles. The maximum absolute atomic E-state index is 5.77. The maximum atomic E-state index is 5.77. The molecule has 2 heteroatoms. The molecule has 1 aromatic carbocycles.